The molecule has 0 radical (unpaired) electrons. The summed E-state index contributed by atoms with van der Waals surface area (Å²) in [6.07, 6.45) is 1.88. The number of aromatic nitrogens is 3. The zero-order chi connectivity index (χ0) is 12.5. The van der Waals surface area contributed by atoms with Gasteiger partial charge in [-0.05, 0) is 56.9 Å². The summed E-state index contributed by atoms with van der Waals surface area (Å²) in [5.41, 5.74) is 3.41. The van der Waals surface area contributed by atoms with Crippen molar-refractivity contribution in [3.05, 3.63) is 44.7 Å². The fourth-order valence-corrected chi connectivity index (χ4v) is 2.97. The van der Waals surface area contributed by atoms with E-state index in [9.17, 15) is 0 Å². The summed E-state index contributed by atoms with van der Waals surface area (Å²) in [6.45, 7) is 2.87. The lowest BCUT2D eigenvalue weighted by atomic mass is 10.2. The summed E-state index contributed by atoms with van der Waals surface area (Å²) in [6, 6.07) is 3.88. The molecule has 3 aromatic heterocycles. The van der Waals surface area contributed by atoms with Crippen LogP contribution in [0.2, 0.25) is 0 Å². The number of halogens is 1. The van der Waals surface area contributed by atoms with Crippen molar-refractivity contribution in [1.29, 1.82) is 0 Å². The second kappa shape index (κ2) is 4.70. The van der Waals surface area contributed by atoms with Gasteiger partial charge >= 0.3 is 0 Å². The molecule has 3 heterocycles. The topological polar surface area (TPSA) is 42.2 Å². The van der Waals surface area contributed by atoms with E-state index in [0.29, 0.717) is 5.95 Å². The SMILES string of the molecule is Cc1cscc1CNc1nc2c(Br)cccn2n1. The second-order valence-corrected chi connectivity index (χ2v) is 5.59. The fraction of sp³-hybridized carbons (Fsp3) is 0.167. The Morgan fingerprint density at radius 1 is 1.44 bits per heavy atom. The van der Waals surface area contributed by atoms with Gasteiger partial charge in [-0.2, -0.15) is 16.3 Å². The average molecular weight is 323 g/mol. The highest BCUT2D eigenvalue weighted by Crippen LogP contribution is 2.18. The molecule has 4 nitrogen and oxygen atoms in total. The van der Waals surface area contributed by atoms with E-state index in [0.717, 1.165) is 16.7 Å². The van der Waals surface area contributed by atoms with E-state index in [1.807, 2.05) is 18.3 Å². The molecule has 92 valence electrons. The Hall–Kier alpha value is -1.40. The maximum absolute atomic E-state index is 4.44. The number of aryl methyl sites for hydroxylation is 1. The van der Waals surface area contributed by atoms with Crippen LogP contribution in [0, 0.1) is 6.92 Å². The highest BCUT2D eigenvalue weighted by molar-refractivity contribution is 9.10. The number of anilines is 1. The second-order valence-electron chi connectivity index (χ2n) is 3.99. The predicted octanol–water partition coefficient (Wildman–Crippen LogP) is 3.47. The number of hydrogen-bond acceptors (Lipinski definition) is 4. The molecule has 0 aliphatic rings. The number of nitrogens with one attached hydrogen (secondary N) is 1. The van der Waals surface area contributed by atoms with E-state index in [-0.39, 0.29) is 0 Å². The minimum Gasteiger partial charge on any atom is -0.349 e. The first kappa shape index (κ1) is 11.7. The van der Waals surface area contributed by atoms with Gasteiger partial charge in [-0.3, -0.25) is 0 Å². The molecule has 6 heteroatoms. The molecule has 0 amide bonds. The van der Waals surface area contributed by atoms with Crippen LogP contribution in [0.4, 0.5) is 5.95 Å². The minimum atomic E-state index is 0.646. The molecule has 0 fully saturated rings. The predicted molar refractivity (Wildman–Crippen MR) is 77.1 cm³/mol. The van der Waals surface area contributed by atoms with E-state index >= 15 is 0 Å². The van der Waals surface area contributed by atoms with Gasteiger partial charge in [0.15, 0.2) is 5.65 Å². The van der Waals surface area contributed by atoms with E-state index in [1.54, 1.807) is 15.9 Å². The van der Waals surface area contributed by atoms with Gasteiger partial charge in [0.2, 0.25) is 5.95 Å². The summed E-state index contributed by atoms with van der Waals surface area (Å²) in [4.78, 5) is 4.44. The molecule has 3 aromatic rings. The van der Waals surface area contributed by atoms with Gasteiger partial charge in [0.05, 0.1) is 4.47 Å². The summed E-state index contributed by atoms with van der Waals surface area (Å²) in [7, 11) is 0. The van der Waals surface area contributed by atoms with Crippen LogP contribution in [0.25, 0.3) is 5.65 Å². The van der Waals surface area contributed by atoms with E-state index < -0.39 is 0 Å². The van der Waals surface area contributed by atoms with Crippen molar-refractivity contribution in [3.8, 4) is 0 Å². The maximum atomic E-state index is 4.44. The largest absolute Gasteiger partial charge is 0.349 e. The van der Waals surface area contributed by atoms with Crippen molar-refractivity contribution in [2.45, 2.75) is 13.5 Å². The quantitative estimate of drug-likeness (QED) is 0.802. The molecule has 0 saturated carbocycles. The van der Waals surface area contributed by atoms with Crippen molar-refractivity contribution >= 4 is 38.9 Å². The lowest BCUT2D eigenvalue weighted by Gasteiger charge is -2.00. The van der Waals surface area contributed by atoms with Crippen molar-refractivity contribution in [2.24, 2.45) is 0 Å². The van der Waals surface area contributed by atoms with Gasteiger partial charge < -0.3 is 5.32 Å². The molecule has 0 aliphatic heterocycles. The Morgan fingerprint density at radius 3 is 3.06 bits per heavy atom. The smallest absolute Gasteiger partial charge is 0.243 e. The first-order valence-electron chi connectivity index (χ1n) is 5.50. The molecule has 0 saturated heterocycles. The summed E-state index contributed by atoms with van der Waals surface area (Å²) < 4.78 is 2.70. The highest BCUT2D eigenvalue weighted by atomic mass is 79.9. The van der Waals surface area contributed by atoms with E-state index in [4.69, 9.17) is 0 Å². The Balaban J connectivity index is 1.83. The van der Waals surface area contributed by atoms with Crippen LogP contribution in [0.3, 0.4) is 0 Å². The zero-order valence-electron chi connectivity index (χ0n) is 9.72. The standard InChI is InChI=1S/C12H11BrN4S/c1-8-6-18-7-9(8)5-14-12-15-11-10(13)3-2-4-17(11)16-12/h2-4,6-7H,5H2,1H3,(H,14,16). The van der Waals surface area contributed by atoms with Crippen LogP contribution in [0.5, 0.6) is 0 Å². The third kappa shape index (κ3) is 2.13. The highest BCUT2D eigenvalue weighted by Gasteiger charge is 2.06. The van der Waals surface area contributed by atoms with Gasteiger partial charge in [0, 0.05) is 12.7 Å². The zero-order valence-corrected chi connectivity index (χ0v) is 12.1. The third-order valence-electron chi connectivity index (χ3n) is 2.71. The molecule has 1 N–H and O–H groups in total. The lowest BCUT2D eigenvalue weighted by molar-refractivity contribution is 0.948. The monoisotopic (exact) mass is 322 g/mol. The average Bonchev–Trinajstić information content (AvgIpc) is 2.93. The molecule has 3 rings (SSSR count). The van der Waals surface area contributed by atoms with Crippen LogP contribution in [0.1, 0.15) is 11.1 Å². The number of nitrogens with zero attached hydrogens (tertiary/aromatic N) is 3. The third-order valence-corrected chi connectivity index (χ3v) is 4.24. The number of pyridine rings is 1. The van der Waals surface area contributed by atoms with Gasteiger partial charge in [0.1, 0.15) is 0 Å². The van der Waals surface area contributed by atoms with Crippen LogP contribution < -0.4 is 5.32 Å². The van der Waals surface area contributed by atoms with Crippen molar-refractivity contribution in [2.75, 3.05) is 5.32 Å². The van der Waals surface area contributed by atoms with Crippen molar-refractivity contribution in [1.82, 2.24) is 14.6 Å². The molecule has 0 atom stereocenters. The van der Waals surface area contributed by atoms with Gasteiger partial charge in [0.25, 0.3) is 0 Å². The van der Waals surface area contributed by atoms with Crippen LogP contribution in [-0.4, -0.2) is 14.6 Å². The molecule has 0 bridgehead atoms. The number of thiophene rings is 1. The van der Waals surface area contributed by atoms with Crippen LogP contribution >= 0.6 is 27.3 Å². The minimum absolute atomic E-state index is 0.646. The Morgan fingerprint density at radius 2 is 2.33 bits per heavy atom. The Labute approximate surface area is 117 Å². The Kier molecular flexibility index (Phi) is 3.05. The van der Waals surface area contributed by atoms with Gasteiger partial charge in [-0.1, -0.05) is 0 Å². The van der Waals surface area contributed by atoms with E-state index in [2.05, 4.69) is 49.0 Å². The molecular formula is C12H11BrN4S. The van der Waals surface area contributed by atoms with Gasteiger partial charge in [-0.25, -0.2) is 4.52 Å². The van der Waals surface area contributed by atoms with Crippen LogP contribution in [-0.2, 0) is 6.54 Å². The first-order valence-corrected chi connectivity index (χ1v) is 7.24. The summed E-state index contributed by atoms with van der Waals surface area (Å²) >= 11 is 5.18. The molecule has 0 unspecified atom stereocenters. The summed E-state index contributed by atoms with van der Waals surface area (Å²) in [5.74, 6) is 0.646. The normalized spacial score (nSPS) is 11.0. The summed E-state index contributed by atoms with van der Waals surface area (Å²) in [5, 5.41) is 11.9. The van der Waals surface area contributed by atoms with Crippen molar-refractivity contribution in [3.63, 3.8) is 0 Å². The molecular weight excluding hydrogens is 312 g/mol. The van der Waals surface area contributed by atoms with Crippen LogP contribution in [0.15, 0.2) is 33.6 Å². The fourth-order valence-electron chi connectivity index (χ4n) is 1.69. The van der Waals surface area contributed by atoms with Crippen molar-refractivity contribution < 1.29 is 0 Å². The molecule has 18 heavy (non-hydrogen) atoms. The number of rotatable bonds is 3. The molecule has 0 aliphatic carbocycles. The Bertz CT molecular complexity index is 688. The maximum Gasteiger partial charge on any atom is 0.243 e. The first-order chi connectivity index (χ1) is 8.74. The molecule has 0 spiro atoms. The number of fused-ring (bicyclic) bond motifs is 1. The van der Waals surface area contributed by atoms with E-state index in [1.165, 1.54) is 11.1 Å². The molecule has 0 aromatic carbocycles. The lowest BCUT2D eigenvalue weighted by Crippen LogP contribution is -2.01. The van der Waals surface area contributed by atoms with Gasteiger partial charge in [-0.15, -0.1) is 5.10 Å². The number of hydrogen-bond donors (Lipinski definition) is 1.